The first-order chi connectivity index (χ1) is 13.9. The third-order valence-electron chi connectivity index (χ3n) is 5.36. The minimum absolute atomic E-state index is 0.317. The van der Waals surface area contributed by atoms with Crippen LogP contribution in [0.4, 0.5) is 10.3 Å². The second-order valence-corrected chi connectivity index (χ2v) is 7.16. The van der Waals surface area contributed by atoms with Gasteiger partial charge < -0.3 is 10.2 Å². The van der Waals surface area contributed by atoms with Crippen LogP contribution in [0.25, 0.3) is 11.2 Å². The predicted octanol–water partition coefficient (Wildman–Crippen LogP) is -0.0423. The predicted molar refractivity (Wildman–Crippen MR) is 111 cm³/mol. The summed E-state index contributed by atoms with van der Waals surface area (Å²) in [5, 5.41) is 3.32. The molecule has 0 spiro atoms. The molecule has 0 radical (unpaired) electrons. The second kappa shape index (κ2) is 8.60. The molecule has 1 aromatic carbocycles. The van der Waals surface area contributed by atoms with Gasteiger partial charge in [-0.05, 0) is 31.5 Å². The molecule has 0 aliphatic carbocycles. The molecule has 0 amide bonds. The maximum absolute atomic E-state index is 13.3. The normalized spacial score (nSPS) is 11.5. The molecule has 2 N–H and O–H groups in total. The minimum atomic E-state index is -0.423. The van der Waals surface area contributed by atoms with E-state index >= 15 is 0 Å². The number of halogens is 1. The Kier molecular flexibility index (Phi) is 6.17. The zero-order valence-corrected chi connectivity index (χ0v) is 17.3. The number of nitrogens with zero attached hydrogens (tertiary/aromatic N) is 4. The first-order valence-electron chi connectivity index (χ1n) is 9.85. The number of aryl methyl sites for hydroxylation is 1. The van der Waals surface area contributed by atoms with Gasteiger partial charge in [0.1, 0.15) is 5.82 Å². The van der Waals surface area contributed by atoms with Crippen LogP contribution in [-0.2, 0) is 20.6 Å². The van der Waals surface area contributed by atoms with Crippen molar-refractivity contribution in [3.8, 4) is 0 Å². The van der Waals surface area contributed by atoms with Crippen molar-refractivity contribution < 1.29 is 9.29 Å². The molecule has 29 heavy (non-hydrogen) atoms. The molecule has 0 unspecified atom stereocenters. The summed E-state index contributed by atoms with van der Waals surface area (Å²) < 4.78 is 17.5. The quantitative estimate of drug-likeness (QED) is 0.553. The number of hydrogen-bond donors (Lipinski definition) is 2. The van der Waals surface area contributed by atoms with Crippen LogP contribution in [0.15, 0.2) is 33.9 Å². The molecular weight excluding hydrogens is 375 g/mol. The van der Waals surface area contributed by atoms with E-state index in [1.807, 2.05) is 0 Å². The Hall–Kier alpha value is -2.94. The molecule has 8 nitrogen and oxygen atoms in total. The average Bonchev–Trinajstić information content (AvgIpc) is 3.08. The van der Waals surface area contributed by atoms with Crippen LogP contribution in [0.5, 0.6) is 0 Å². The molecule has 0 saturated heterocycles. The van der Waals surface area contributed by atoms with Gasteiger partial charge in [0.05, 0.1) is 32.7 Å². The monoisotopic (exact) mass is 403 g/mol. The Morgan fingerprint density at radius 1 is 1.07 bits per heavy atom. The number of likely N-dealkylation sites (N-methyl/N-ethyl adjacent to an activating group) is 1. The number of nitrogens with one attached hydrogen (secondary N) is 2. The largest absolute Gasteiger partial charge is 0.350 e. The summed E-state index contributed by atoms with van der Waals surface area (Å²) in [7, 11) is 3.05. The Balaban J connectivity index is 2.07. The smallest absolute Gasteiger partial charge is 0.332 e. The van der Waals surface area contributed by atoms with E-state index in [0.29, 0.717) is 30.2 Å². The molecule has 9 heteroatoms. The maximum atomic E-state index is 13.3. The van der Waals surface area contributed by atoms with Crippen LogP contribution in [0.1, 0.15) is 19.4 Å². The molecule has 0 fully saturated rings. The van der Waals surface area contributed by atoms with Crippen molar-refractivity contribution in [1.29, 1.82) is 0 Å². The summed E-state index contributed by atoms with van der Waals surface area (Å²) in [6.07, 6.45) is 0. The standard InChI is InChI=1S/C20H27FN6O2/c1-5-26(6-2)12-11-22-19-23-17-16(18(28)25(4)20(29)24(17)3)27(19)13-14-7-9-15(21)10-8-14/h7-10H,5-6,11-13H2,1-4H3,(H,22,23)/p+1. The number of fused-ring (bicyclic) bond motifs is 1. The lowest BCUT2D eigenvalue weighted by Gasteiger charge is -2.16. The Morgan fingerprint density at radius 3 is 2.34 bits per heavy atom. The molecule has 3 rings (SSSR count). The number of quaternary nitrogens is 1. The van der Waals surface area contributed by atoms with Gasteiger partial charge in [-0.15, -0.1) is 0 Å². The highest BCUT2D eigenvalue weighted by Gasteiger charge is 2.19. The van der Waals surface area contributed by atoms with Gasteiger partial charge in [0.15, 0.2) is 11.2 Å². The van der Waals surface area contributed by atoms with Crippen LogP contribution in [0.2, 0.25) is 0 Å². The summed E-state index contributed by atoms with van der Waals surface area (Å²) in [6, 6.07) is 6.13. The van der Waals surface area contributed by atoms with E-state index in [9.17, 15) is 14.0 Å². The Bertz CT molecular complexity index is 1110. The lowest BCUT2D eigenvalue weighted by Crippen LogP contribution is -3.12. The van der Waals surface area contributed by atoms with Crippen molar-refractivity contribution in [2.24, 2.45) is 14.1 Å². The molecule has 0 atom stereocenters. The van der Waals surface area contributed by atoms with Crippen LogP contribution >= 0.6 is 0 Å². The van der Waals surface area contributed by atoms with E-state index < -0.39 is 11.2 Å². The first kappa shape index (κ1) is 20.8. The van der Waals surface area contributed by atoms with Crippen LogP contribution in [0.3, 0.4) is 0 Å². The SMILES string of the molecule is CC[NH+](CC)CCNc1nc2c(c(=O)n(C)c(=O)n2C)n1Cc1ccc(F)cc1. The van der Waals surface area contributed by atoms with Gasteiger partial charge in [-0.25, -0.2) is 9.18 Å². The van der Waals surface area contributed by atoms with Crippen molar-refractivity contribution >= 4 is 17.1 Å². The first-order valence-corrected chi connectivity index (χ1v) is 9.85. The van der Waals surface area contributed by atoms with Gasteiger partial charge in [-0.2, -0.15) is 4.98 Å². The highest BCUT2D eigenvalue weighted by atomic mass is 19.1. The zero-order chi connectivity index (χ0) is 21.1. The molecule has 3 aromatic rings. The van der Waals surface area contributed by atoms with Crippen molar-refractivity contribution in [3.63, 3.8) is 0 Å². The molecule has 2 heterocycles. The Morgan fingerprint density at radius 2 is 1.72 bits per heavy atom. The second-order valence-electron chi connectivity index (χ2n) is 7.16. The summed E-state index contributed by atoms with van der Waals surface area (Å²) >= 11 is 0. The van der Waals surface area contributed by atoms with Gasteiger partial charge >= 0.3 is 5.69 Å². The molecule has 0 bridgehead atoms. The van der Waals surface area contributed by atoms with Gasteiger partial charge in [0.2, 0.25) is 5.95 Å². The van der Waals surface area contributed by atoms with Crippen molar-refractivity contribution in [2.75, 3.05) is 31.5 Å². The van der Waals surface area contributed by atoms with Gasteiger partial charge in [-0.3, -0.25) is 18.5 Å². The van der Waals surface area contributed by atoms with E-state index in [4.69, 9.17) is 0 Å². The van der Waals surface area contributed by atoms with Crippen LogP contribution < -0.4 is 21.5 Å². The molecule has 0 aliphatic heterocycles. The van der Waals surface area contributed by atoms with E-state index in [2.05, 4.69) is 24.1 Å². The maximum Gasteiger partial charge on any atom is 0.332 e. The fourth-order valence-corrected chi connectivity index (χ4v) is 3.46. The third-order valence-corrected chi connectivity index (χ3v) is 5.36. The van der Waals surface area contributed by atoms with Gasteiger partial charge in [0.25, 0.3) is 5.56 Å². The van der Waals surface area contributed by atoms with Gasteiger partial charge in [0, 0.05) is 14.1 Å². The minimum Gasteiger partial charge on any atom is -0.350 e. The molecule has 0 saturated carbocycles. The fraction of sp³-hybridized carbons (Fsp3) is 0.450. The van der Waals surface area contributed by atoms with E-state index in [0.717, 1.165) is 29.8 Å². The average molecular weight is 403 g/mol. The summed E-state index contributed by atoms with van der Waals surface area (Å²) in [5.74, 6) is 0.206. The summed E-state index contributed by atoms with van der Waals surface area (Å²) in [6.45, 7) is 8.26. The molecule has 156 valence electrons. The topological polar surface area (TPSA) is 78.3 Å². The lowest BCUT2D eigenvalue weighted by molar-refractivity contribution is -0.894. The fourth-order valence-electron chi connectivity index (χ4n) is 3.46. The van der Waals surface area contributed by atoms with Crippen molar-refractivity contribution in [3.05, 3.63) is 56.5 Å². The molecule has 2 aromatic heterocycles. The highest BCUT2D eigenvalue weighted by molar-refractivity contribution is 5.74. The summed E-state index contributed by atoms with van der Waals surface area (Å²) in [5.41, 5.74) is 0.682. The number of anilines is 1. The lowest BCUT2D eigenvalue weighted by atomic mass is 10.2. The number of benzene rings is 1. The van der Waals surface area contributed by atoms with E-state index in [1.54, 1.807) is 23.7 Å². The van der Waals surface area contributed by atoms with E-state index in [-0.39, 0.29) is 5.82 Å². The number of imidazole rings is 1. The Labute approximate surface area is 168 Å². The van der Waals surface area contributed by atoms with E-state index in [1.165, 1.54) is 28.6 Å². The van der Waals surface area contributed by atoms with Gasteiger partial charge in [-0.1, -0.05) is 12.1 Å². The highest BCUT2D eigenvalue weighted by Crippen LogP contribution is 2.18. The van der Waals surface area contributed by atoms with Crippen molar-refractivity contribution in [1.82, 2.24) is 18.7 Å². The molecule has 0 aliphatic rings. The zero-order valence-electron chi connectivity index (χ0n) is 17.3. The number of aromatic nitrogens is 4. The van der Waals surface area contributed by atoms with Crippen LogP contribution in [-0.4, -0.2) is 44.9 Å². The van der Waals surface area contributed by atoms with Crippen LogP contribution in [0, 0.1) is 5.82 Å². The third kappa shape index (κ3) is 4.09. The number of rotatable bonds is 8. The van der Waals surface area contributed by atoms with Crippen molar-refractivity contribution in [2.45, 2.75) is 20.4 Å². The number of hydrogen-bond acceptors (Lipinski definition) is 4. The molecular formula is C20H28FN6O2+. The summed E-state index contributed by atoms with van der Waals surface area (Å²) in [4.78, 5) is 31.2.